The second-order valence-corrected chi connectivity index (χ2v) is 5.26. The molecule has 2 rings (SSSR count). The van der Waals surface area contributed by atoms with Gasteiger partial charge in [-0.3, -0.25) is 4.79 Å². The first-order valence-electron chi connectivity index (χ1n) is 5.67. The molecule has 2 N–H and O–H groups in total. The number of hydrogen-bond donors (Lipinski definition) is 2. The molecule has 0 heterocycles. The third-order valence-corrected chi connectivity index (χ3v) is 3.72. The van der Waals surface area contributed by atoms with Crippen LogP contribution in [0, 0.1) is 0 Å². The lowest BCUT2D eigenvalue weighted by Gasteiger charge is -2.13. The lowest BCUT2D eigenvalue weighted by Crippen LogP contribution is -2.21. The second-order valence-electron chi connectivity index (χ2n) is 4.04. The molecule has 0 saturated carbocycles. The van der Waals surface area contributed by atoms with E-state index >= 15 is 0 Å². The molecule has 6 heteroatoms. The highest BCUT2D eigenvalue weighted by molar-refractivity contribution is 6.42. The van der Waals surface area contributed by atoms with Gasteiger partial charge in [0.1, 0.15) is 0 Å². The molecule has 3 nitrogen and oxygen atoms in total. The summed E-state index contributed by atoms with van der Waals surface area (Å²) < 4.78 is 0. The molecule has 0 bridgehead atoms. The number of hydrogen-bond acceptors (Lipinski definition) is 2. The van der Waals surface area contributed by atoms with Crippen molar-refractivity contribution in [2.75, 3.05) is 5.32 Å². The molecule has 104 valence electrons. The highest BCUT2D eigenvalue weighted by Gasteiger charge is 2.19. The van der Waals surface area contributed by atoms with E-state index in [1.54, 1.807) is 36.4 Å². The summed E-state index contributed by atoms with van der Waals surface area (Å²) in [5.74, 6) is -0.600. The van der Waals surface area contributed by atoms with Gasteiger partial charge in [-0.1, -0.05) is 53.0 Å². The maximum absolute atomic E-state index is 12.0. The monoisotopic (exact) mass is 329 g/mol. The van der Waals surface area contributed by atoms with Gasteiger partial charge in [-0.2, -0.15) is 0 Å². The summed E-state index contributed by atoms with van der Waals surface area (Å²) in [6.07, 6.45) is -1.36. The molecule has 2 aromatic carbocycles. The molecule has 0 spiro atoms. The van der Waals surface area contributed by atoms with Crippen LogP contribution in [0.2, 0.25) is 15.1 Å². The van der Waals surface area contributed by atoms with Gasteiger partial charge in [-0.05, 0) is 24.3 Å². The van der Waals surface area contributed by atoms with E-state index in [1.165, 1.54) is 6.07 Å². The van der Waals surface area contributed by atoms with Crippen LogP contribution in [0.1, 0.15) is 11.7 Å². The molecule has 0 aliphatic rings. The van der Waals surface area contributed by atoms with Gasteiger partial charge < -0.3 is 10.4 Å². The first-order chi connectivity index (χ1) is 9.49. The first-order valence-corrected chi connectivity index (χ1v) is 6.81. The number of anilines is 1. The predicted molar refractivity (Wildman–Crippen MR) is 81.5 cm³/mol. The molecule has 0 aliphatic carbocycles. The van der Waals surface area contributed by atoms with E-state index in [4.69, 9.17) is 34.8 Å². The van der Waals surface area contributed by atoms with Gasteiger partial charge in [0.25, 0.3) is 5.91 Å². The zero-order valence-corrected chi connectivity index (χ0v) is 12.4. The molecule has 0 aromatic heterocycles. The van der Waals surface area contributed by atoms with Crippen molar-refractivity contribution in [2.45, 2.75) is 6.10 Å². The third kappa shape index (κ3) is 3.44. The van der Waals surface area contributed by atoms with Crippen molar-refractivity contribution >= 4 is 46.4 Å². The van der Waals surface area contributed by atoms with E-state index in [0.29, 0.717) is 26.3 Å². The second kappa shape index (κ2) is 6.46. The van der Waals surface area contributed by atoms with E-state index < -0.39 is 12.0 Å². The average molecular weight is 331 g/mol. The Labute approximate surface area is 131 Å². The van der Waals surface area contributed by atoms with Crippen LogP contribution in [-0.2, 0) is 4.79 Å². The van der Waals surface area contributed by atoms with Crippen LogP contribution < -0.4 is 5.32 Å². The molecule has 1 amide bonds. The maximum Gasteiger partial charge on any atom is 0.257 e. The topological polar surface area (TPSA) is 49.3 Å². The van der Waals surface area contributed by atoms with Crippen molar-refractivity contribution in [2.24, 2.45) is 0 Å². The van der Waals surface area contributed by atoms with Crippen LogP contribution in [0.25, 0.3) is 0 Å². The molecule has 20 heavy (non-hydrogen) atoms. The Morgan fingerprint density at radius 3 is 2.35 bits per heavy atom. The Morgan fingerprint density at radius 2 is 1.70 bits per heavy atom. The van der Waals surface area contributed by atoms with E-state index in [0.717, 1.165) is 0 Å². The van der Waals surface area contributed by atoms with Crippen LogP contribution in [-0.4, -0.2) is 11.0 Å². The minimum absolute atomic E-state index is 0.316. The van der Waals surface area contributed by atoms with E-state index in [-0.39, 0.29) is 0 Å². The fourth-order valence-corrected chi connectivity index (χ4v) is 2.16. The summed E-state index contributed by atoms with van der Waals surface area (Å²) in [4.78, 5) is 12.0. The number of aliphatic hydroxyl groups excluding tert-OH is 1. The molecule has 0 radical (unpaired) electrons. The predicted octanol–water partition coefficient (Wildman–Crippen LogP) is 4.32. The normalized spacial score (nSPS) is 12.0. The van der Waals surface area contributed by atoms with E-state index in [1.807, 2.05) is 0 Å². The number of carbonyl (C=O) groups is 1. The Hall–Kier alpha value is -1.26. The van der Waals surface area contributed by atoms with Crippen LogP contribution in [0.15, 0.2) is 42.5 Å². The lowest BCUT2D eigenvalue weighted by atomic mass is 10.1. The molecule has 0 aliphatic heterocycles. The Kier molecular flexibility index (Phi) is 4.89. The largest absolute Gasteiger partial charge is 0.378 e. The number of halogens is 3. The average Bonchev–Trinajstić information content (AvgIpc) is 2.42. The van der Waals surface area contributed by atoms with Gasteiger partial charge in [0.05, 0.1) is 10.0 Å². The SMILES string of the molecule is O=C(Nc1ccc(Cl)c(Cl)c1)C(O)c1ccccc1Cl. The smallest absolute Gasteiger partial charge is 0.257 e. The number of carbonyl (C=O) groups excluding carboxylic acids is 1. The zero-order valence-electron chi connectivity index (χ0n) is 10.1. The number of nitrogens with one attached hydrogen (secondary N) is 1. The molecule has 1 unspecified atom stereocenters. The minimum atomic E-state index is -1.36. The highest BCUT2D eigenvalue weighted by atomic mass is 35.5. The van der Waals surface area contributed by atoms with Crippen molar-refractivity contribution in [1.29, 1.82) is 0 Å². The molecule has 2 aromatic rings. The minimum Gasteiger partial charge on any atom is -0.378 e. The van der Waals surface area contributed by atoms with Gasteiger partial charge in [0.15, 0.2) is 6.10 Å². The maximum atomic E-state index is 12.0. The number of amides is 1. The molecule has 0 saturated heterocycles. The summed E-state index contributed by atoms with van der Waals surface area (Å²) in [5.41, 5.74) is 0.780. The van der Waals surface area contributed by atoms with Crippen LogP contribution >= 0.6 is 34.8 Å². The Balaban J connectivity index is 2.15. The fraction of sp³-hybridized carbons (Fsp3) is 0.0714. The number of rotatable bonds is 3. The first kappa shape index (κ1) is 15.1. The summed E-state index contributed by atoms with van der Waals surface area (Å²) in [5, 5.41) is 13.6. The number of aliphatic hydroxyl groups is 1. The van der Waals surface area contributed by atoms with E-state index in [9.17, 15) is 9.90 Å². The van der Waals surface area contributed by atoms with Gasteiger partial charge in [-0.15, -0.1) is 0 Å². The Morgan fingerprint density at radius 1 is 1.00 bits per heavy atom. The molecular formula is C14H10Cl3NO2. The van der Waals surface area contributed by atoms with Crippen LogP contribution in [0.3, 0.4) is 0 Å². The standard InChI is InChI=1S/C14H10Cl3NO2/c15-10-4-2-1-3-9(10)13(19)14(20)18-8-5-6-11(16)12(17)7-8/h1-7,13,19H,(H,18,20). The van der Waals surface area contributed by atoms with Crippen LogP contribution in [0.5, 0.6) is 0 Å². The fourth-order valence-electron chi connectivity index (χ4n) is 1.62. The molecule has 1 atom stereocenters. The van der Waals surface area contributed by atoms with Crippen molar-refractivity contribution < 1.29 is 9.90 Å². The van der Waals surface area contributed by atoms with Crippen molar-refractivity contribution in [1.82, 2.24) is 0 Å². The van der Waals surface area contributed by atoms with Crippen molar-refractivity contribution in [3.63, 3.8) is 0 Å². The summed E-state index contributed by atoms with van der Waals surface area (Å²) in [6, 6.07) is 11.2. The highest BCUT2D eigenvalue weighted by Crippen LogP contribution is 2.27. The third-order valence-electron chi connectivity index (χ3n) is 2.64. The van der Waals surface area contributed by atoms with Gasteiger partial charge in [0, 0.05) is 16.3 Å². The van der Waals surface area contributed by atoms with Crippen molar-refractivity contribution in [3.05, 3.63) is 63.1 Å². The summed E-state index contributed by atoms with van der Waals surface area (Å²) >= 11 is 17.6. The molecular weight excluding hydrogens is 321 g/mol. The zero-order chi connectivity index (χ0) is 14.7. The van der Waals surface area contributed by atoms with Gasteiger partial charge >= 0.3 is 0 Å². The Bertz CT molecular complexity index is 646. The van der Waals surface area contributed by atoms with Gasteiger partial charge in [-0.25, -0.2) is 0 Å². The van der Waals surface area contributed by atoms with E-state index in [2.05, 4.69) is 5.32 Å². The quantitative estimate of drug-likeness (QED) is 0.880. The summed E-state index contributed by atoms with van der Waals surface area (Å²) in [7, 11) is 0. The summed E-state index contributed by atoms with van der Waals surface area (Å²) in [6.45, 7) is 0. The molecule has 0 fully saturated rings. The number of benzene rings is 2. The lowest BCUT2D eigenvalue weighted by molar-refractivity contribution is -0.124. The van der Waals surface area contributed by atoms with Crippen LogP contribution in [0.4, 0.5) is 5.69 Å². The van der Waals surface area contributed by atoms with Crippen molar-refractivity contribution in [3.8, 4) is 0 Å². The van der Waals surface area contributed by atoms with Gasteiger partial charge in [0.2, 0.25) is 0 Å².